The summed E-state index contributed by atoms with van der Waals surface area (Å²) in [5, 5.41) is 4.20. The number of hydrogen-bond donors (Lipinski definition) is 1. The minimum atomic E-state index is 0.387. The smallest absolute Gasteiger partial charge is 0.132 e. The number of methoxy groups -OCH3 is 1. The van der Waals surface area contributed by atoms with Crippen molar-refractivity contribution < 1.29 is 9.47 Å². The van der Waals surface area contributed by atoms with Crippen molar-refractivity contribution in [3.8, 4) is 11.5 Å². The van der Waals surface area contributed by atoms with Crippen molar-refractivity contribution in [2.45, 2.75) is 6.61 Å². The maximum atomic E-state index is 5.68. The molecule has 0 unspecified atom stereocenters. The second-order valence-corrected chi connectivity index (χ2v) is 3.65. The maximum Gasteiger partial charge on any atom is 0.132 e. The van der Waals surface area contributed by atoms with Crippen LogP contribution in [0.4, 0.5) is 5.82 Å². The molecule has 0 aliphatic carbocycles. The number of benzene rings is 1. The molecule has 5 nitrogen and oxygen atoms in total. The predicted octanol–water partition coefficient (Wildman–Crippen LogP) is 1.59. The van der Waals surface area contributed by atoms with Crippen LogP contribution in [-0.4, -0.2) is 16.9 Å². The fourth-order valence-corrected chi connectivity index (χ4v) is 1.46. The summed E-state index contributed by atoms with van der Waals surface area (Å²) in [5.74, 6) is 2.13. The van der Waals surface area contributed by atoms with Crippen LogP contribution >= 0.6 is 0 Å². The van der Waals surface area contributed by atoms with Gasteiger partial charge < -0.3 is 15.2 Å². The average Bonchev–Trinajstić information content (AvgIpc) is 2.67. The molecule has 0 radical (unpaired) electrons. The second kappa shape index (κ2) is 4.78. The Balaban J connectivity index is 2.01. The third kappa shape index (κ3) is 2.69. The minimum Gasteiger partial charge on any atom is -0.497 e. The number of nitrogens with two attached hydrogens (primary N) is 1. The van der Waals surface area contributed by atoms with Gasteiger partial charge in [-0.1, -0.05) is 6.07 Å². The van der Waals surface area contributed by atoms with Crippen molar-refractivity contribution in [1.29, 1.82) is 0 Å². The van der Waals surface area contributed by atoms with Crippen LogP contribution < -0.4 is 15.2 Å². The number of rotatable bonds is 4. The van der Waals surface area contributed by atoms with E-state index in [0.29, 0.717) is 12.4 Å². The van der Waals surface area contributed by atoms with E-state index in [-0.39, 0.29) is 0 Å². The van der Waals surface area contributed by atoms with Gasteiger partial charge in [0.25, 0.3) is 0 Å². The highest BCUT2D eigenvalue weighted by molar-refractivity contribution is 5.33. The fourth-order valence-electron chi connectivity index (χ4n) is 1.46. The molecule has 2 rings (SSSR count). The summed E-state index contributed by atoms with van der Waals surface area (Å²) in [6.07, 6.45) is 0. The van der Waals surface area contributed by atoms with Gasteiger partial charge in [0, 0.05) is 19.2 Å². The van der Waals surface area contributed by atoms with E-state index in [1.54, 1.807) is 24.9 Å². The summed E-state index contributed by atoms with van der Waals surface area (Å²) in [4.78, 5) is 0. The first kappa shape index (κ1) is 11.3. The summed E-state index contributed by atoms with van der Waals surface area (Å²) in [5.41, 5.74) is 6.48. The van der Waals surface area contributed by atoms with Crippen LogP contribution in [0.3, 0.4) is 0 Å². The molecule has 17 heavy (non-hydrogen) atoms. The summed E-state index contributed by atoms with van der Waals surface area (Å²) in [6.45, 7) is 0.387. The molecule has 90 valence electrons. The fraction of sp³-hybridized carbons (Fsp3) is 0.250. The van der Waals surface area contributed by atoms with Crippen LogP contribution in [0.25, 0.3) is 0 Å². The van der Waals surface area contributed by atoms with Crippen LogP contribution in [-0.2, 0) is 13.7 Å². The number of nitrogens with zero attached hydrogens (tertiary/aromatic N) is 2. The zero-order valence-corrected chi connectivity index (χ0v) is 9.88. The molecular formula is C12H15N3O2. The Morgan fingerprint density at radius 1 is 1.29 bits per heavy atom. The molecule has 1 aromatic carbocycles. The topological polar surface area (TPSA) is 62.3 Å². The molecule has 0 aliphatic heterocycles. The van der Waals surface area contributed by atoms with Crippen molar-refractivity contribution >= 4 is 5.82 Å². The molecule has 0 fully saturated rings. The lowest BCUT2D eigenvalue weighted by Crippen LogP contribution is -1.99. The van der Waals surface area contributed by atoms with E-state index in [1.807, 2.05) is 24.3 Å². The average molecular weight is 233 g/mol. The number of nitrogen functional groups attached to an aromatic ring is 1. The van der Waals surface area contributed by atoms with Crippen LogP contribution in [0.15, 0.2) is 30.3 Å². The second-order valence-electron chi connectivity index (χ2n) is 3.65. The van der Waals surface area contributed by atoms with Gasteiger partial charge in [0.15, 0.2) is 0 Å². The summed E-state index contributed by atoms with van der Waals surface area (Å²) in [7, 11) is 3.42. The van der Waals surface area contributed by atoms with Gasteiger partial charge in [0.05, 0.1) is 7.11 Å². The number of aromatic nitrogens is 2. The maximum absolute atomic E-state index is 5.68. The lowest BCUT2D eigenvalue weighted by molar-refractivity contribution is 0.297. The van der Waals surface area contributed by atoms with Gasteiger partial charge in [-0.15, -0.1) is 0 Å². The molecule has 1 heterocycles. The molecule has 0 bridgehead atoms. The molecule has 0 aliphatic rings. The quantitative estimate of drug-likeness (QED) is 0.871. The van der Waals surface area contributed by atoms with Gasteiger partial charge in [0.2, 0.25) is 0 Å². The molecule has 1 aromatic heterocycles. The Morgan fingerprint density at radius 3 is 2.71 bits per heavy atom. The number of hydrogen-bond acceptors (Lipinski definition) is 4. The monoisotopic (exact) mass is 233 g/mol. The Bertz CT molecular complexity index is 489. The number of anilines is 1. The first-order chi connectivity index (χ1) is 8.19. The standard InChI is InChI=1S/C12H15N3O2/c1-15-12(13)6-9(14-15)8-17-11-5-3-4-10(7-11)16-2/h3-7H,8,13H2,1-2H3. The zero-order chi connectivity index (χ0) is 12.3. The Morgan fingerprint density at radius 2 is 2.06 bits per heavy atom. The number of aryl methyl sites for hydroxylation is 1. The van der Waals surface area contributed by atoms with Gasteiger partial charge in [-0.25, -0.2) is 0 Å². The molecular weight excluding hydrogens is 218 g/mol. The van der Waals surface area contributed by atoms with Crippen molar-refractivity contribution in [2.24, 2.45) is 7.05 Å². The summed E-state index contributed by atoms with van der Waals surface area (Å²) < 4.78 is 12.3. The predicted molar refractivity (Wildman–Crippen MR) is 64.9 cm³/mol. The Kier molecular flexibility index (Phi) is 3.18. The van der Waals surface area contributed by atoms with Crippen molar-refractivity contribution in [3.63, 3.8) is 0 Å². The summed E-state index contributed by atoms with van der Waals surface area (Å²) in [6, 6.07) is 9.23. The van der Waals surface area contributed by atoms with E-state index >= 15 is 0 Å². The third-order valence-corrected chi connectivity index (χ3v) is 2.39. The minimum absolute atomic E-state index is 0.387. The van der Waals surface area contributed by atoms with Gasteiger partial charge in [0.1, 0.15) is 29.6 Å². The van der Waals surface area contributed by atoms with E-state index < -0.39 is 0 Å². The van der Waals surface area contributed by atoms with Crippen LogP contribution in [0, 0.1) is 0 Å². The molecule has 2 N–H and O–H groups in total. The zero-order valence-electron chi connectivity index (χ0n) is 9.88. The van der Waals surface area contributed by atoms with E-state index in [2.05, 4.69) is 5.10 Å². The Hall–Kier alpha value is -2.17. The normalized spacial score (nSPS) is 10.2. The lowest BCUT2D eigenvalue weighted by Gasteiger charge is -2.05. The number of ether oxygens (including phenoxy) is 2. The molecule has 0 saturated heterocycles. The van der Waals surface area contributed by atoms with Crippen LogP contribution in [0.5, 0.6) is 11.5 Å². The Labute approximate surface area is 99.8 Å². The highest BCUT2D eigenvalue weighted by atomic mass is 16.5. The molecule has 0 saturated carbocycles. The van der Waals surface area contributed by atoms with Crippen LogP contribution in [0.1, 0.15) is 5.69 Å². The molecule has 0 spiro atoms. The molecule has 2 aromatic rings. The van der Waals surface area contributed by atoms with Gasteiger partial charge in [-0.3, -0.25) is 4.68 Å². The van der Waals surface area contributed by atoms with E-state index in [4.69, 9.17) is 15.2 Å². The first-order valence-electron chi connectivity index (χ1n) is 5.24. The first-order valence-corrected chi connectivity index (χ1v) is 5.24. The van der Waals surface area contributed by atoms with Gasteiger partial charge in [-0.2, -0.15) is 5.10 Å². The summed E-state index contributed by atoms with van der Waals surface area (Å²) >= 11 is 0. The van der Waals surface area contributed by atoms with Gasteiger partial charge >= 0.3 is 0 Å². The molecule has 0 amide bonds. The van der Waals surface area contributed by atoms with E-state index in [1.165, 1.54) is 0 Å². The highest BCUT2D eigenvalue weighted by Crippen LogP contribution is 2.19. The van der Waals surface area contributed by atoms with Crippen LogP contribution in [0.2, 0.25) is 0 Å². The lowest BCUT2D eigenvalue weighted by atomic mass is 10.3. The van der Waals surface area contributed by atoms with Crippen molar-refractivity contribution in [2.75, 3.05) is 12.8 Å². The molecule has 5 heteroatoms. The van der Waals surface area contributed by atoms with E-state index in [9.17, 15) is 0 Å². The van der Waals surface area contributed by atoms with Gasteiger partial charge in [-0.05, 0) is 12.1 Å². The third-order valence-electron chi connectivity index (χ3n) is 2.39. The van der Waals surface area contributed by atoms with Crippen molar-refractivity contribution in [1.82, 2.24) is 9.78 Å². The van der Waals surface area contributed by atoms with Crippen molar-refractivity contribution in [3.05, 3.63) is 36.0 Å². The molecule has 0 atom stereocenters. The SMILES string of the molecule is COc1cccc(OCc2cc(N)n(C)n2)c1. The van der Waals surface area contributed by atoms with E-state index in [0.717, 1.165) is 17.2 Å². The highest BCUT2D eigenvalue weighted by Gasteiger charge is 2.03. The largest absolute Gasteiger partial charge is 0.497 e.